The van der Waals surface area contributed by atoms with Crippen molar-refractivity contribution in [3.63, 3.8) is 0 Å². The smallest absolute Gasteiger partial charge is 0.377 e. The number of hydrogen-bond donors (Lipinski definition) is 1. The predicted molar refractivity (Wildman–Crippen MR) is 216 cm³/mol. The van der Waals surface area contributed by atoms with Crippen molar-refractivity contribution in [3.05, 3.63) is 0 Å². The quantitative estimate of drug-likeness (QED) is 0.0502. The lowest BCUT2D eigenvalue weighted by molar-refractivity contribution is -0.133. The molecule has 0 radical (unpaired) electrons. The third-order valence-corrected chi connectivity index (χ3v) is 13.2. The molecule has 0 aromatic heterocycles. The first-order valence-electron chi connectivity index (χ1n) is 21.7. The standard InChI is InChI=1S/C42H86N2O5Si/c1-6-8-10-12-14-16-18-20-22-24-26-28-30-32-38-44(39-33-31-29-27-25-23-21-19-17-15-13-11-9-7-2)42(46)36-35-41(45)43-37-34-40-50(47-3,48-4)49-5/h6-40H2,1-5H3,(H,43,45). The Kier molecular flexibility index (Phi) is 37.1. The van der Waals surface area contributed by atoms with Gasteiger partial charge in [-0.3, -0.25) is 9.59 Å². The Bertz CT molecular complexity index is 697. The first-order valence-corrected chi connectivity index (χ1v) is 23.6. The van der Waals surface area contributed by atoms with Crippen LogP contribution in [-0.2, 0) is 22.9 Å². The monoisotopic (exact) mass is 727 g/mol. The minimum Gasteiger partial charge on any atom is -0.377 e. The summed E-state index contributed by atoms with van der Waals surface area (Å²) < 4.78 is 16.4. The van der Waals surface area contributed by atoms with Gasteiger partial charge >= 0.3 is 8.80 Å². The maximum Gasteiger partial charge on any atom is 0.500 e. The molecule has 0 aliphatic heterocycles. The minimum absolute atomic E-state index is 0.0641. The van der Waals surface area contributed by atoms with Crippen molar-refractivity contribution in [1.29, 1.82) is 0 Å². The Morgan fingerprint density at radius 2 is 0.780 bits per heavy atom. The molecule has 8 heteroatoms. The molecule has 0 fully saturated rings. The Labute approximate surface area is 312 Å². The molecule has 0 saturated carbocycles. The third kappa shape index (κ3) is 30.6. The van der Waals surface area contributed by atoms with Crippen LogP contribution in [0.2, 0.25) is 6.04 Å². The summed E-state index contributed by atoms with van der Waals surface area (Å²) in [6, 6.07) is 0.641. The van der Waals surface area contributed by atoms with Crippen LogP contribution in [0.15, 0.2) is 0 Å². The van der Waals surface area contributed by atoms with E-state index in [-0.39, 0.29) is 24.7 Å². The lowest BCUT2D eigenvalue weighted by Gasteiger charge is -2.24. The molecule has 0 unspecified atom stereocenters. The molecular formula is C42H86N2O5Si. The topological polar surface area (TPSA) is 77.1 Å². The molecular weight excluding hydrogens is 641 g/mol. The molecule has 0 aliphatic carbocycles. The molecule has 0 aromatic rings. The first kappa shape index (κ1) is 49.0. The van der Waals surface area contributed by atoms with Crippen molar-refractivity contribution < 1.29 is 22.9 Å². The summed E-state index contributed by atoms with van der Waals surface area (Å²) in [6.45, 7) is 6.75. The molecule has 0 bridgehead atoms. The average molecular weight is 727 g/mol. The molecule has 1 N–H and O–H groups in total. The van der Waals surface area contributed by atoms with E-state index >= 15 is 0 Å². The van der Waals surface area contributed by atoms with Crippen LogP contribution in [0.4, 0.5) is 0 Å². The van der Waals surface area contributed by atoms with Gasteiger partial charge in [0, 0.05) is 59.8 Å². The predicted octanol–water partition coefficient (Wildman–Crippen LogP) is 11.9. The zero-order chi connectivity index (χ0) is 36.8. The second kappa shape index (κ2) is 37.8. The van der Waals surface area contributed by atoms with E-state index in [4.69, 9.17) is 13.3 Å². The molecule has 0 heterocycles. The number of unbranched alkanes of at least 4 members (excludes halogenated alkanes) is 26. The number of nitrogens with zero attached hydrogens (tertiary/aromatic N) is 1. The highest BCUT2D eigenvalue weighted by Crippen LogP contribution is 2.17. The van der Waals surface area contributed by atoms with Crippen LogP contribution < -0.4 is 5.32 Å². The number of nitrogens with one attached hydrogen (secondary N) is 1. The second-order valence-electron chi connectivity index (χ2n) is 14.8. The molecule has 2 amide bonds. The van der Waals surface area contributed by atoms with Crippen LogP contribution in [-0.4, -0.2) is 66.5 Å². The van der Waals surface area contributed by atoms with Gasteiger partial charge in [0.25, 0.3) is 0 Å². The molecule has 298 valence electrons. The zero-order valence-electron chi connectivity index (χ0n) is 34.2. The summed E-state index contributed by atoms with van der Waals surface area (Å²) in [5, 5.41) is 2.96. The van der Waals surface area contributed by atoms with Gasteiger partial charge in [-0.1, -0.05) is 181 Å². The Balaban J connectivity index is 4.33. The van der Waals surface area contributed by atoms with E-state index in [0.717, 1.165) is 25.9 Å². The van der Waals surface area contributed by atoms with E-state index < -0.39 is 8.80 Å². The van der Waals surface area contributed by atoms with Gasteiger partial charge in [0.2, 0.25) is 11.8 Å². The van der Waals surface area contributed by atoms with Crippen molar-refractivity contribution in [3.8, 4) is 0 Å². The SMILES string of the molecule is CCCCCCCCCCCCCCCCN(CCCCCCCCCCCCCCCC)C(=O)CCC(=O)NCCC[Si](OC)(OC)OC. The highest BCUT2D eigenvalue weighted by atomic mass is 28.4. The maximum absolute atomic E-state index is 13.3. The van der Waals surface area contributed by atoms with Crippen LogP contribution in [0.3, 0.4) is 0 Å². The molecule has 0 aliphatic rings. The number of amides is 2. The average Bonchev–Trinajstić information content (AvgIpc) is 3.13. The molecule has 0 rings (SSSR count). The summed E-state index contributed by atoms with van der Waals surface area (Å²) in [5.74, 6) is 0.0694. The fourth-order valence-corrected chi connectivity index (χ4v) is 8.63. The van der Waals surface area contributed by atoms with Gasteiger partial charge in [0.1, 0.15) is 0 Å². The molecule has 50 heavy (non-hydrogen) atoms. The largest absolute Gasteiger partial charge is 0.500 e. The van der Waals surface area contributed by atoms with Crippen LogP contribution in [0, 0.1) is 0 Å². The van der Waals surface area contributed by atoms with Crippen molar-refractivity contribution in [1.82, 2.24) is 10.2 Å². The summed E-state index contributed by atoms with van der Waals surface area (Å²) >= 11 is 0. The second-order valence-corrected chi connectivity index (χ2v) is 17.9. The van der Waals surface area contributed by atoms with Crippen LogP contribution in [0.1, 0.15) is 213 Å². The Morgan fingerprint density at radius 1 is 0.460 bits per heavy atom. The van der Waals surface area contributed by atoms with Crippen LogP contribution in [0.25, 0.3) is 0 Å². The fourth-order valence-electron chi connectivity index (χ4n) is 6.91. The van der Waals surface area contributed by atoms with E-state index in [1.165, 1.54) is 167 Å². The van der Waals surface area contributed by atoms with Crippen LogP contribution >= 0.6 is 0 Å². The molecule has 7 nitrogen and oxygen atoms in total. The van der Waals surface area contributed by atoms with E-state index in [9.17, 15) is 9.59 Å². The Hall–Kier alpha value is -0.963. The summed E-state index contributed by atoms with van der Waals surface area (Å²) in [7, 11) is 2.19. The van der Waals surface area contributed by atoms with E-state index in [1.54, 1.807) is 21.3 Å². The number of rotatable bonds is 40. The van der Waals surface area contributed by atoms with Gasteiger partial charge in [-0.15, -0.1) is 0 Å². The van der Waals surface area contributed by atoms with Gasteiger partial charge < -0.3 is 23.5 Å². The van der Waals surface area contributed by atoms with Gasteiger partial charge in [-0.25, -0.2) is 0 Å². The normalized spacial score (nSPS) is 11.7. The molecule has 0 aromatic carbocycles. The van der Waals surface area contributed by atoms with Crippen molar-refractivity contribution >= 4 is 20.6 Å². The lowest BCUT2D eigenvalue weighted by atomic mass is 10.0. The fraction of sp³-hybridized carbons (Fsp3) is 0.952. The van der Waals surface area contributed by atoms with E-state index in [1.807, 2.05) is 0 Å². The van der Waals surface area contributed by atoms with Crippen molar-refractivity contribution in [2.24, 2.45) is 0 Å². The van der Waals surface area contributed by atoms with Gasteiger partial charge in [0.05, 0.1) is 0 Å². The number of hydrogen-bond acceptors (Lipinski definition) is 5. The highest BCUT2D eigenvalue weighted by Gasteiger charge is 2.36. The number of carbonyl (C=O) groups is 2. The Morgan fingerprint density at radius 3 is 1.10 bits per heavy atom. The maximum atomic E-state index is 13.3. The highest BCUT2D eigenvalue weighted by molar-refractivity contribution is 6.60. The van der Waals surface area contributed by atoms with Crippen LogP contribution in [0.5, 0.6) is 0 Å². The number of carbonyl (C=O) groups excluding carboxylic acids is 2. The van der Waals surface area contributed by atoms with Gasteiger partial charge in [-0.05, 0) is 19.3 Å². The van der Waals surface area contributed by atoms with E-state index in [2.05, 4.69) is 24.1 Å². The summed E-state index contributed by atoms with van der Waals surface area (Å²) in [4.78, 5) is 27.9. The van der Waals surface area contributed by atoms with Crippen molar-refractivity contribution in [2.75, 3.05) is 41.0 Å². The minimum atomic E-state index is -2.63. The van der Waals surface area contributed by atoms with Gasteiger partial charge in [-0.2, -0.15) is 0 Å². The molecule has 0 saturated heterocycles. The summed E-state index contributed by atoms with van der Waals surface area (Å²) in [6.07, 6.45) is 38.7. The third-order valence-electron chi connectivity index (χ3n) is 10.4. The first-order chi connectivity index (χ1) is 24.5. The van der Waals surface area contributed by atoms with E-state index in [0.29, 0.717) is 19.0 Å². The lowest BCUT2D eigenvalue weighted by Crippen LogP contribution is -2.43. The van der Waals surface area contributed by atoms with Gasteiger partial charge in [0.15, 0.2) is 0 Å². The molecule has 0 atom stereocenters. The van der Waals surface area contributed by atoms with Crippen molar-refractivity contribution in [2.45, 2.75) is 219 Å². The summed E-state index contributed by atoms with van der Waals surface area (Å²) in [5.41, 5.74) is 0. The zero-order valence-corrected chi connectivity index (χ0v) is 35.2. The molecule has 0 spiro atoms.